The first-order valence-corrected chi connectivity index (χ1v) is 24.8. The number of carbonyl (C=O) groups excluding carboxylic acids is 2. The summed E-state index contributed by atoms with van der Waals surface area (Å²) in [5, 5.41) is 0. The van der Waals surface area contributed by atoms with Crippen molar-refractivity contribution in [2.45, 2.75) is 245 Å². The van der Waals surface area contributed by atoms with Crippen LogP contribution in [0.4, 0.5) is 0 Å². The number of hydrogen-bond acceptors (Lipinski definition) is 5. The number of esters is 2. The van der Waals surface area contributed by atoms with Crippen LogP contribution in [0, 0.1) is 0 Å². The molecular formula is C53H94O5. The lowest BCUT2D eigenvalue weighted by atomic mass is 10.1. The van der Waals surface area contributed by atoms with Crippen LogP contribution in [-0.2, 0) is 23.8 Å². The number of ether oxygens (including phenoxy) is 3. The van der Waals surface area contributed by atoms with Gasteiger partial charge < -0.3 is 14.2 Å². The molecule has 0 aromatic carbocycles. The van der Waals surface area contributed by atoms with Crippen LogP contribution in [0.5, 0.6) is 0 Å². The van der Waals surface area contributed by atoms with E-state index < -0.39 is 6.10 Å². The minimum absolute atomic E-state index is 0.0719. The van der Waals surface area contributed by atoms with Gasteiger partial charge in [0, 0.05) is 19.4 Å². The molecule has 1 atom stereocenters. The largest absolute Gasteiger partial charge is 0.462 e. The van der Waals surface area contributed by atoms with Crippen LogP contribution in [0.1, 0.15) is 239 Å². The van der Waals surface area contributed by atoms with Gasteiger partial charge in [0.2, 0.25) is 0 Å². The Kier molecular flexibility index (Phi) is 46.9. The van der Waals surface area contributed by atoms with Gasteiger partial charge in [0.25, 0.3) is 0 Å². The van der Waals surface area contributed by atoms with E-state index in [1.807, 2.05) is 0 Å². The third-order valence-corrected chi connectivity index (χ3v) is 10.5. The summed E-state index contributed by atoms with van der Waals surface area (Å²) in [6.45, 7) is 7.64. The van der Waals surface area contributed by atoms with Gasteiger partial charge in [-0.25, -0.2) is 0 Å². The van der Waals surface area contributed by atoms with Crippen LogP contribution < -0.4 is 0 Å². The highest BCUT2D eigenvalue weighted by molar-refractivity contribution is 5.70. The number of allylic oxidation sites excluding steroid dienone is 10. The van der Waals surface area contributed by atoms with Crippen molar-refractivity contribution in [1.29, 1.82) is 0 Å². The molecule has 0 aromatic heterocycles. The summed E-state index contributed by atoms with van der Waals surface area (Å²) in [6.07, 6.45) is 60.8. The van der Waals surface area contributed by atoms with Gasteiger partial charge in [-0.3, -0.25) is 9.59 Å². The Morgan fingerprint density at radius 1 is 0.397 bits per heavy atom. The quantitative estimate of drug-likeness (QED) is 0.0348. The zero-order valence-corrected chi connectivity index (χ0v) is 38.6. The Hall–Kier alpha value is -2.40. The molecule has 1 unspecified atom stereocenters. The normalized spacial score (nSPS) is 12.7. The van der Waals surface area contributed by atoms with Crippen molar-refractivity contribution < 1.29 is 23.8 Å². The highest BCUT2D eigenvalue weighted by Gasteiger charge is 2.17. The third-order valence-electron chi connectivity index (χ3n) is 10.5. The predicted molar refractivity (Wildman–Crippen MR) is 251 cm³/mol. The van der Waals surface area contributed by atoms with Crippen molar-refractivity contribution in [2.24, 2.45) is 0 Å². The highest BCUT2D eigenvalue weighted by atomic mass is 16.6. The van der Waals surface area contributed by atoms with Crippen molar-refractivity contribution in [3.05, 3.63) is 60.8 Å². The van der Waals surface area contributed by atoms with E-state index in [1.165, 1.54) is 116 Å². The summed E-state index contributed by atoms with van der Waals surface area (Å²) in [5.74, 6) is -0.423. The Bertz CT molecular complexity index is 1010. The molecule has 0 bridgehead atoms. The van der Waals surface area contributed by atoms with E-state index >= 15 is 0 Å². The van der Waals surface area contributed by atoms with Crippen LogP contribution in [0.2, 0.25) is 0 Å². The van der Waals surface area contributed by atoms with E-state index in [0.29, 0.717) is 19.4 Å². The van der Waals surface area contributed by atoms with Crippen LogP contribution in [-0.4, -0.2) is 37.9 Å². The molecule has 5 heteroatoms. The van der Waals surface area contributed by atoms with E-state index in [-0.39, 0.29) is 25.2 Å². The zero-order chi connectivity index (χ0) is 42.1. The van der Waals surface area contributed by atoms with Crippen molar-refractivity contribution in [2.75, 3.05) is 19.8 Å². The Balaban J connectivity index is 4.28. The summed E-state index contributed by atoms with van der Waals surface area (Å²) in [4.78, 5) is 25.3. The van der Waals surface area contributed by atoms with Crippen LogP contribution in [0.15, 0.2) is 60.8 Å². The molecule has 0 fully saturated rings. The van der Waals surface area contributed by atoms with Gasteiger partial charge in [-0.05, 0) is 96.3 Å². The molecule has 0 aliphatic heterocycles. The summed E-state index contributed by atoms with van der Waals surface area (Å²) < 4.78 is 17.3. The minimum atomic E-state index is -0.550. The molecule has 0 radical (unpaired) electrons. The lowest BCUT2D eigenvalue weighted by Crippen LogP contribution is -2.30. The molecule has 0 amide bonds. The molecule has 0 N–H and O–H groups in total. The summed E-state index contributed by atoms with van der Waals surface area (Å²) >= 11 is 0. The molecule has 5 nitrogen and oxygen atoms in total. The molecule has 0 aliphatic rings. The molecule has 0 saturated heterocycles. The Labute approximate surface area is 360 Å². The molecular weight excluding hydrogens is 717 g/mol. The summed E-state index contributed by atoms with van der Waals surface area (Å²) in [5.41, 5.74) is 0. The van der Waals surface area contributed by atoms with E-state index in [0.717, 1.165) is 89.9 Å². The van der Waals surface area contributed by atoms with Crippen molar-refractivity contribution in [3.8, 4) is 0 Å². The van der Waals surface area contributed by atoms with Gasteiger partial charge in [-0.2, -0.15) is 0 Å². The third kappa shape index (κ3) is 46.3. The first-order chi connectivity index (χ1) is 28.6. The molecule has 0 spiro atoms. The lowest BCUT2D eigenvalue weighted by molar-refractivity contribution is -0.163. The maximum atomic E-state index is 12.7. The average Bonchev–Trinajstić information content (AvgIpc) is 3.22. The maximum absolute atomic E-state index is 12.7. The molecule has 0 aliphatic carbocycles. The van der Waals surface area contributed by atoms with Gasteiger partial charge in [0.1, 0.15) is 6.61 Å². The van der Waals surface area contributed by atoms with Crippen LogP contribution in [0.25, 0.3) is 0 Å². The second-order valence-corrected chi connectivity index (χ2v) is 16.3. The first-order valence-electron chi connectivity index (χ1n) is 24.8. The van der Waals surface area contributed by atoms with E-state index in [1.54, 1.807) is 0 Å². The minimum Gasteiger partial charge on any atom is -0.462 e. The van der Waals surface area contributed by atoms with Gasteiger partial charge in [0.15, 0.2) is 6.10 Å². The fraction of sp³-hybridized carbons (Fsp3) is 0.774. The van der Waals surface area contributed by atoms with Gasteiger partial charge in [-0.1, -0.05) is 191 Å². The zero-order valence-electron chi connectivity index (χ0n) is 38.6. The molecule has 0 heterocycles. The summed E-state index contributed by atoms with van der Waals surface area (Å²) in [7, 11) is 0. The van der Waals surface area contributed by atoms with Gasteiger partial charge >= 0.3 is 11.9 Å². The predicted octanol–water partition coefficient (Wildman–Crippen LogP) is 16.6. The molecule has 0 rings (SSSR count). The topological polar surface area (TPSA) is 61.8 Å². The molecule has 0 aromatic rings. The second-order valence-electron chi connectivity index (χ2n) is 16.3. The SMILES string of the molecule is CC/C=C\C/C=C\C/C=C\CCCCCCCCOCC(COC(=O)CCCCCCC/C=C\CCCCCCCC)OC(=O)CCCCCCC/C=C\CCCC. The monoisotopic (exact) mass is 811 g/mol. The second kappa shape index (κ2) is 49.0. The standard InChI is InChI=1S/C53H94O5/c1-4-7-10-13-16-19-22-24-26-28-30-33-36-39-42-45-48-56-49-51(58-53(55)47-44-41-38-35-31-21-18-15-12-9-6-3)50-57-52(54)46-43-40-37-34-32-29-27-25-23-20-17-14-11-8-5-2/h7,10,15-16,18-19,24-27,51H,4-6,8-9,11-14,17,20-23,28-50H2,1-3H3/b10-7-,18-15-,19-16-,26-24-,27-25-. The van der Waals surface area contributed by atoms with E-state index in [9.17, 15) is 9.59 Å². The van der Waals surface area contributed by atoms with Crippen LogP contribution in [0.3, 0.4) is 0 Å². The number of unbranched alkanes of at least 4 members (excludes halogenated alkanes) is 24. The van der Waals surface area contributed by atoms with Crippen molar-refractivity contribution in [1.82, 2.24) is 0 Å². The average molecular weight is 811 g/mol. The molecule has 58 heavy (non-hydrogen) atoms. The van der Waals surface area contributed by atoms with E-state index in [2.05, 4.69) is 81.5 Å². The Morgan fingerprint density at radius 2 is 0.793 bits per heavy atom. The highest BCUT2D eigenvalue weighted by Crippen LogP contribution is 2.13. The van der Waals surface area contributed by atoms with Crippen molar-refractivity contribution >= 4 is 11.9 Å². The smallest absolute Gasteiger partial charge is 0.306 e. The van der Waals surface area contributed by atoms with E-state index in [4.69, 9.17) is 14.2 Å². The number of carbonyl (C=O) groups is 2. The fourth-order valence-corrected chi connectivity index (χ4v) is 6.79. The first kappa shape index (κ1) is 55.6. The summed E-state index contributed by atoms with van der Waals surface area (Å²) in [6, 6.07) is 0. The van der Waals surface area contributed by atoms with Gasteiger partial charge in [0.05, 0.1) is 6.61 Å². The van der Waals surface area contributed by atoms with Gasteiger partial charge in [-0.15, -0.1) is 0 Å². The molecule has 336 valence electrons. The lowest BCUT2D eigenvalue weighted by Gasteiger charge is -2.18. The maximum Gasteiger partial charge on any atom is 0.306 e. The van der Waals surface area contributed by atoms with Crippen LogP contribution >= 0.6 is 0 Å². The van der Waals surface area contributed by atoms with Crippen molar-refractivity contribution in [3.63, 3.8) is 0 Å². The fourth-order valence-electron chi connectivity index (χ4n) is 6.79. The molecule has 0 saturated carbocycles. The Morgan fingerprint density at radius 3 is 1.31 bits per heavy atom. The number of hydrogen-bond donors (Lipinski definition) is 0. The number of rotatable bonds is 45.